The van der Waals surface area contributed by atoms with E-state index in [0.29, 0.717) is 23.5 Å². The summed E-state index contributed by atoms with van der Waals surface area (Å²) in [6, 6.07) is 3.33. The van der Waals surface area contributed by atoms with E-state index in [4.69, 9.17) is 9.52 Å². The van der Waals surface area contributed by atoms with Gasteiger partial charge < -0.3 is 14.4 Å². The predicted molar refractivity (Wildman–Crippen MR) is 52.9 cm³/mol. The average Bonchev–Trinajstić information content (AvgIpc) is 2.49. The minimum atomic E-state index is -0.111. The molecule has 1 N–H and O–H groups in total. The van der Waals surface area contributed by atoms with Crippen molar-refractivity contribution in [2.24, 2.45) is 5.92 Å². The first-order valence-corrected chi connectivity index (χ1v) is 5.15. The van der Waals surface area contributed by atoms with Gasteiger partial charge in [0.15, 0.2) is 10.4 Å². The van der Waals surface area contributed by atoms with E-state index in [2.05, 4.69) is 15.9 Å². The molecule has 1 aliphatic heterocycles. The molecule has 2 rings (SSSR count). The molecule has 76 valence electrons. The third-order valence-electron chi connectivity index (χ3n) is 2.29. The van der Waals surface area contributed by atoms with Crippen LogP contribution in [0.1, 0.15) is 10.6 Å². The maximum atomic E-state index is 11.6. The molecule has 0 unspecified atom stereocenters. The Morgan fingerprint density at radius 2 is 2.36 bits per heavy atom. The third kappa shape index (κ3) is 1.69. The summed E-state index contributed by atoms with van der Waals surface area (Å²) < 4.78 is 5.69. The fourth-order valence-corrected chi connectivity index (χ4v) is 1.74. The van der Waals surface area contributed by atoms with Crippen molar-refractivity contribution in [3.05, 3.63) is 22.6 Å². The number of hydrogen-bond acceptors (Lipinski definition) is 3. The Bertz CT molecular complexity index is 344. The lowest BCUT2D eigenvalue weighted by Crippen LogP contribution is -2.51. The van der Waals surface area contributed by atoms with Gasteiger partial charge in [-0.25, -0.2) is 0 Å². The zero-order chi connectivity index (χ0) is 10.1. The minimum Gasteiger partial charge on any atom is -0.444 e. The van der Waals surface area contributed by atoms with Gasteiger partial charge in [0.1, 0.15) is 0 Å². The van der Waals surface area contributed by atoms with Crippen molar-refractivity contribution in [2.45, 2.75) is 0 Å². The summed E-state index contributed by atoms with van der Waals surface area (Å²) in [4.78, 5) is 13.3. The summed E-state index contributed by atoms with van der Waals surface area (Å²) >= 11 is 3.14. The van der Waals surface area contributed by atoms with Crippen LogP contribution >= 0.6 is 15.9 Å². The van der Waals surface area contributed by atoms with Gasteiger partial charge >= 0.3 is 0 Å². The van der Waals surface area contributed by atoms with E-state index in [1.165, 1.54) is 0 Å². The van der Waals surface area contributed by atoms with E-state index in [1.54, 1.807) is 17.0 Å². The molecule has 14 heavy (non-hydrogen) atoms. The van der Waals surface area contributed by atoms with Gasteiger partial charge in [0.05, 0.1) is 0 Å². The first kappa shape index (κ1) is 9.73. The number of nitrogens with zero attached hydrogens (tertiary/aromatic N) is 1. The van der Waals surface area contributed by atoms with E-state index in [0.717, 1.165) is 0 Å². The second kappa shape index (κ2) is 3.74. The number of carbonyl (C=O) groups is 1. The van der Waals surface area contributed by atoms with Crippen LogP contribution in [-0.4, -0.2) is 35.6 Å². The molecule has 0 radical (unpaired) electrons. The fraction of sp³-hybridized carbons (Fsp3) is 0.444. The summed E-state index contributed by atoms with van der Waals surface area (Å²) in [6.45, 7) is 1.38. The Morgan fingerprint density at radius 3 is 2.86 bits per heavy atom. The smallest absolute Gasteiger partial charge is 0.289 e. The van der Waals surface area contributed by atoms with Crippen LogP contribution in [0.4, 0.5) is 0 Å². The van der Waals surface area contributed by atoms with E-state index < -0.39 is 0 Å². The quantitative estimate of drug-likeness (QED) is 0.866. The van der Waals surface area contributed by atoms with Gasteiger partial charge in [-0.05, 0) is 28.1 Å². The molecule has 0 atom stereocenters. The molecular formula is C9H10BrNO3. The van der Waals surface area contributed by atoms with Gasteiger partial charge in [0.25, 0.3) is 5.91 Å². The normalized spacial score (nSPS) is 16.9. The number of aliphatic hydroxyl groups is 1. The lowest BCUT2D eigenvalue weighted by molar-refractivity contribution is 0.0333. The number of furan rings is 1. The molecule has 0 saturated carbocycles. The molecule has 4 nitrogen and oxygen atoms in total. The standard InChI is InChI=1S/C9H10BrNO3/c10-8-2-1-7(14-8)9(13)11-3-6(4-11)5-12/h1-2,6,12H,3-5H2. The van der Waals surface area contributed by atoms with E-state index in [-0.39, 0.29) is 18.4 Å². The van der Waals surface area contributed by atoms with Crippen molar-refractivity contribution >= 4 is 21.8 Å². The summed E-state index contributed by atoms with van der Waals surface area (Å²) in [5.74, 6) is 0.464. The predicted octanol–water partition coefficient (Wildman–Crippen LogP) is 1.11. The molecule has 1 amide bonds. The number of hydrogen-bond donors (Lipinski definition) is 1. The fourth-order valence-electron chi connectivity index (χ4n) is 1.44. The number of likely N-dealkylation sites (tertiary alicyclic amines) is 1. The zero-order valence-corrected chi connectivity index (χ0v) is 9.03. The van der Waals surface area contributed by atoms with Crippen LogP contribution in [0.25, 0.3) is 0 Å². The third-order valence-corrected chi connectivity index (χ3v) is 2.71. The number of carbonyl (C=O) groups excluding carboxylic acids is 1. The van der Waals surface area contributed by atoms with Gasteiger partial charge in [-0.2, -0.15) is 0 Å². The lowest BCUT2D eigenvalue weighted by atomic mass is 10.0. The number of aliphatic hydroxyl groups excluding tert-OH is 1. The van der Waals surface area contributed by atoms with Crippen molar-refractivity contribution in [1.29, 1.82) is 0 Å². The highest BCUT2D eigenvalue weighted by Gasteiger charge is 2.31. The summed E-state index contributed by atoms with van der Waals surface area (Å²) in [5.41, 5.74) is 0. The molecule has 0 aromatic carbocycles. The Labute approximate surface area is 89.6 Å². The van der Waals surface area contributed by atoms with E-state index in [9.17, 15) is 4.79 Å². The molecule has 0 bridgehead atoms. The van der Waals surface area contributed by atoms with Gasteiger partial charge in [-0.3, -0.25) is 4.79 Å². The van der Waals surface area contributed by atoms with Crippen LogP contribution in [-0.2, 0) is 0 Å². The topological polar surface area (TPSA) is 53.7 Å². The van der Waals surface area contributed by atoms with Crippen LogP contribution in [0.5, 0.6) is 0 Å². The summed E-state index contributed by atoms with van der Waals surface area (Å²) in [5, 5.41) is 8.79. The Kier molecular flexibility index (Phi) is 2.60. The van der Waals surface area contributed by atoms with Crippen molar-refractivity contribution in [1.82, 2.24) is 4.90 Å². The Hall–Kier alpha value is -0.810. The van der Waals surface area contributed by atoms with Crippen LogP contribution in [0.2, 0.25) is 0 Å². The molecule has 1 fully saturated rings. The van der Waals surface area contributed by atoms with E-state index >= 15 is 0 Å². The van der Waals surface area contributed by atoms with Gasteiger partial charge in [0.2, 0.25) is 0 Å². The van der Waals surface area contributed by atoms with Crippen molar-refractivity contribution < 1.29 is 14.3 Å². The SMILES string of the molecule is O=C(c1ccc(Br)o1)N1CC(CO)C1. The van der Waals surface area contributed by atoms with Crippen molar-refractivity contribution in [3.63, 3.8) is 0 Å². The minimum absolute atomic E-state index is 0.111. The maximum Gasteiger partial charge on any atom is 0.289 e. The summed E-state index contributed by atoms with van der Waals surface area (Å²) in [6.07, 6.45) is 0. The first-order chi connectivity index (χ1) is 6.70. The second-order valence-electron chi connectivity index (χ2n) is 3.36. The molecule has 1 saturated heterocycles. The molecule has 0 spiro atoms. The first-order valence-electron chi connectivity index (χ1n) is 4.36. The number of amides is 1. The van der Waals surface area contributed by atoms with Crippen LogP contribution in [0.3, 0.4) is 0 Å². The van der Waals surface area contributed by atoms with Crippen molar-refractivity contribution in [3.8, 4) is 0 Å². The molecule has 1 aromatic rings. The van der Waals surface area contributed by atoms with Crippen molar-refractivity contribution in [2.75, 3.05) is 19.7 Å². The highest BCUT2D eigenvalue weighted by atomic mass is 79.9. The summed E-state index contributed by atoms with van der Waals surface area (Å²) in [7, 11) is 0. The monoisotopic (exact) mass is 259 g/mol. The average molecular weight is 260 g/mol. The lowest BCUT2D eigenvalue weighted by Gasteiger charge is -2.37. The molecule has 1 aromatic heterocycles. The van der Waals surface area contributed by atoms with E-state index in [1.807, 2.05) is 0 Å². The van der Waals surface area contributed by atoms with Gasteiger partial charge in [-0.15, -0.1) is 0 Å². The van der Waals surface area contributed by atoms with Crippen LogP contribution in [0.15, 0.2) is 21.2 Å². The molecule has 1 aliphatic rings. The number of rotatable bonds is 2. The highest BCUT2D eigenvalue weighted by molar-refractivity contribution is 9.10. The number of halogens is 1. The Morgan fingerprint density at radius 1 is 1.64 bits per heavy atom. The largest absolute Gasteiger partial charge is 0.444 e. The molecule has 5 heteroatoms. The second-order valence-corrected chi connectivity index (χ2v) is 4.14. The van der Waals surface area contributed by atoms with Crippen LogP contribution < -0.4 is 0 Å². The Balaban J connectivity index is 1.97. The maximum absolute atomic E-state index is 11.6. The molecule has 0 aliphatic carbocycles. The van der Waals surface area contributed by atoms with Crippen LogP contribution in [0, 0.1) is 5.92 Å². The molecule has 2 heterocycles. The van der Waals surface area contributed by atoms with Gasteiger partial charge in [0, 0.05) is 25.6 Å². The molecular weight excluding hydrogens is 250 g/mol. The highest BCUT2D eigenvalue weighted by Crippen LogP contribution is 2.21. The van der Waals surface area contributed by atoms with Gasteiger partial charge in [-0.1, -0.05) is 0 Å². The zero-order valence-electron chi connectivity index (χ0n) is 7.44.